The fraction of sp³-hybridized carbons (Fsp3) is 0.754. The molecule has 0 aliphatic heterocycles. The van der Waals surface area contributed by atoms with Gasteiger partial charge in [0.15, 0.2) is 6.10 Å². The van der Waals surface area contributed by atoms with Crippen LogP contribution in [-0.2, 0) is 28.6 Å². The van der Waals surface area contributed by atoms with Crippen LogP contribution in [0.2, 0.25) is 0 Å². The van der Waals surface area contributed by atoms with Crippen LogP contribution in [0, 0.1) is 0 Å². The first-order valence-corrected chi connectivity index (χ1v) is 28.4. The minimum absolute atomic E-state index is 0.0855. The predicted octanol–water partition coefficient (Wildman–Crippen LogP) is 19.0. The van der Waals surface area contributed by atoms with Crippen LogP contribution < -0.4 is 0 Å². The van der Waals surface area contributed by atoms with Crippen LogP contribution >= 0.6 is 0 Å². The van der Waals surface area contributed by atoms with E-state index in [0.717, 1.165) is 96.3 Å². The van der Waals surface area contributed by atoms with E-state index in [2.05, 4.69) is 93.7 Å². The second-order valence-corrected chi connectivity index (χ2v) is 18.8. The van der Waals surface area contributed by atoms with Crippen LogP contribution in [0.4, 0.5) is 0 Å². The van der Waals surface area contributed by atoms with E-state index in [4.69, 9.17) is 14.2 Å². The van der Waals surface area contributed by atoms with Crippen molar-refractivity contribution in [1.29, 1.82) is 0 Å². The van der Waals surface area contributed by atoms with Crippen molar-refractivity contribution in [3.05, 3.63) is 72.9 Å². The number of unbranched alkanes of at least 4 members (excludes halogenated alkanes) is 28. The minimum atomic E-state index is -0.790. The Morgan fingerprint density at radius 2 is 0.582 bits per heavy atom. The van der Waals surface area contributed by atoms with E-state index in [1.807, 2.05) is 0 Å². The molecule has 0 bridgehead atoms. The molecule has 386 valence electrons. The molecular formula is C61H106O6. The van der Waals surface area contributed by atoms with Gasteiger partial charge in [-0.05, 0) is 70.6 Å². The van der Waals surface area contributed by atoms with Gasteiger partial charge in [-0.1, -0.05) is 261 Å². The van der Waals surface area contributed by atoms with E-state index in [9.17, 15) is 14.4 Å². The molecule has 0 aromatic carbocycles. The Bertz CT molecular complexity index is 1260. The number of carbonyl (C=O) groups excluding carboxylic acids is 3. The first-order valence-electron chi connectivity index (χ1n) is 28.4. The lowest BCUT2D eigenvalue weighted by Gasteiger charge is -2.18. The summed E-state index contributed by atoms with van der Waals surface area (Å²) in [4.78, 5) is 38.1. The van der Waals surface area contributed by atoms with E-state index in [1.165, 1.54) is 141 Å². The summed E-state index contributed by atoms with van der Waals surface area (Å²) >= 11 is 0. The summed E-state index contributed by atoms with van der Waals surface area (Å²) in [5.74, 6) is -0.920. The normalized spacial score (nSPS) is 12.6. The Hall–Kier alpha value is -3.15. The van der Waals surface area contributed by atoms with Crippen molar-refractivity contribution in [3.8, 4) is 0 Å². The van der Waals surface area contributed by atoms with Crippen LogP contribution in [0.3, 0.4) is 0 Å². The molecule has 0 saturated heterocycles. The summed E-state index contributed by atoms with van der Waals surface area (Å²) < 4.78 is 16.8. The van der Waals surface area contributed by atoms with Crippen molar-refractivity contribution in [3.63, 3.8) is 0 Å². The first-order chi connectivity index (χ1) is 33.0. The van der Waals surface area contributed by atoms with Gasteiger partial charge < -0.3 is 14.2 Å². The molecule has 1 atom stereocenters. The molecule has 0 N–H and O–H groups in total. The molecule has 6 nitrogen and oxygen atoms in total. The molecular weight excluding hydrogens is 829 g/mol. The van der Waals surface area contributed by atoms with Crippen molar-refractivity contribution < 1.29 is 28.6 Å². The highest BCUT2D eigenvalue weighted by Crippen LogP contribution is 2.16. The number of esters is 3. The molecule has 0 amide bonds. The highest BCUT2D eigenvalue weighted by atomic mass is 16.6. The molecule has 0 saturated carbocycles. The fourth-order valence-corrected chi connectivity index (χ4v) is 7.98. The summed E-state index contributed by atoms with van der Waals surface area (Å²) in [7, 11) is 0. The number of carbonyl (C=O) groups is 3. The van der Waals surface area contributed by atoms with Gasteiger partial charge in [-0.25, -0.2) is 0 Å². The molecule has 0 aliphatic rings. The lowest BCUT2D eigenvalue weighted by atomic mass is 10.0. The number of ether oxygens (including phenoxy) is 3. The Labute approximate surface area is 414 Å². The van der Waals surface area contributed by atoms with Gasteiger partial charge in [-0.2, -0.15) is 0 Å². The average molecular weight is 936 g/mol. The van der Waals surface area contributed by atoms with Crippen molar-refractivity contribution in [2.24, 2.45) is 0 Å². The monoisotopic (exact) mass is 935 g/mol. The zero-order valence-corrected chi connectivity index (χ0v) is 44.2. The molecule has 0 fully saturated rings. The van der Waals surface area contributed by atoms with Crippen molar-refractivity contribution in [1.82, 2.24) is 0 Å². The number of allylic oxidation sites excluding steroid dienone is 12. The SMILES string of the molecule is CC/C=C\C/C=C\C/C=C\C/C=C\C/C=C\C/C=C\CCCCC(=O)OCC(COC(=O)CCCCCCCCCCCCCCC)OC(=O)CCCCCCCCCCCCCCCCC. The van der Waals surface area contributed by atoms with Gasteiger partial charge in [0.1, 0.15) is 13.2 Å². The fourth-order valence-electron chi connectivity index (χ4n) is 7.98. The zero-order valence-electron chi connectivity index (χ0n) is 44.2. The van der Waals surface area contributed by atoms with Crippen LogP contribution in [-0.4, -0.2) is 37.2 Å². The summed E-state index contributed by atoms with van der Waals surface area (Å²) in [5.41, 5.74) is 0. The zero-order chi connectivity index (χ0) is 48.6. The predicted molar refractivity (Wildman–Crippen MR) is 288 cm³/mol. The van der Waals surface area contributed by atoms with Crippen molar-refractivity contribution >= 4 is 17.9 Å². The molecule has 0 radical (unpaired) electrons. The van der Waals surface area contributed by atoms with Gasteiger partial charge in [-0.3, -0.25) is 14.4 Å². The second kappa shape index (κ2) is 55.4. The Kier molecular flexibility index (Phi) is 52.8. The topological polar surface area (TPSA) is 78.9 Å². The highest BCUT2D eigenvalue weighted by molar-refractivity contribution is 5.71. The van der Waals surface area contributed by atoms with E-state index in [0.29, 0.717) is 19.3 Å². The quantitative estimate of drug-likeness (QED) is 0.0262. The third-order valence-electron chi connectivity index (χ3n) is 12.2. The molecule has 0 aromatic heterocycles. The molecule has 0 rings (SSSR count). The number of hydrogen-bond acceptors (Lipinski definition) is 6. The summed E-state index contributed by atoms with van der Waals surface area (Å²) in [6, 6.07) is 0. The second-order valence-electron chi connectivity index (χ2n) is 18.8. The molecule has 0 aromatic rings. The number of rotatable bonds is 51. The average Bonchev–Trinajstić information content (AvgIpc) is 3.33. The van der Waals surface area contributed by atoms with Gasteiger partial charge in [0.2, 0.25) is 0 Å². The molecule has 0 aliphatic carbocycles. The maximum atomic E-state index is 12.8. The minimum Gasteiger partial charge on any atom is -0.462 e. The third kappa shape index (κ3) is 53.7. The lowest BCUT2D eigenvalue weighted by Crippen LogP contribution is -2.30. The maximum Gasteiger partial charge on any atom is 0.306 e. The van der Waals surface area contributed by atoms with Gasteiger partial charge in [0.25, 0.3) is 0 Å². The van der Waals surface area contributed by atoms with Gasteiger partial charge in [0, 0.05) is 19.3 Å². The van der Waals surface area contributed by atoms with Crippen LogP contribution in [0.1, 0.15) is 278 Å². The largest absolute Gasteiger partial charge is 0.462 e. The van der Waals surface area contributed by atoms with E-state index < -0.39 is 6.10 Å². The number of hydrogen-bond donors (Lipinski definition) is 0. The highest BCUT2D eigenvalue weighted by Gasteiger charge is 2.19. The van der Waals surface area contributed by atoms with Gasteiger partial charge in [-0.15, -0.1) is 0 Å². The molecule has 0 spiro atoms. The van der Waals surface area contributed by atoms with Crippen LogP contribution in [0.5, 0.6) is 0 Å². The smallest absolute Gasteiger partial charge is 0.306 e. The Morgan fingerprint density at radius 3 is 0.910 bits per heavy atom. The summed E-state index contributed by atoms with van der Waals surface area (Å²) in [6.45, 7) is 6.51. The Balaban J connectivity index is 4.42. The Morgan fingerprint density at radius 1 is 0.313 bits per heavy atom. The third-order valence-corrected chi connectivity index (χ3v) is 12.2. The van der Waals surface area contributed by atoms with Gasteiger partial charge >= 0.3 is 17.9 Å². The summed E-state index contributed by atoms with van der Waals surface area (Å²) in [5, 5.41) is 0. The van der Waals surface area contributed by atoms with E-state index in [1.54, 1.807) is 0 Å². The summed E-state index contributed by atoms with van der Waals surface area (Å²) in [6.07, 6.45) is 70.3. The maximum absolute atomic E-state index is 12.8. The van der Waals surface area contributed by atoms with Crippen LogP contribution in [0.25, 0.3) is 0 Å². The molecule has 6 heteroatoms. The van der Waals surface area contributed by atoms with Crippen LogP contribution in [0.15, 0.2) is 72.9 Å². The first kappa shape index (κ1) is 63.8. The van der Waals surface area contributed by atoms with E-state index >= 15 is 0 Å². The molecule has 1 unspecified atom stereocenters. The standard InChI is InChI=1S/C61H106O6/c1-4-7-10-13-16-19-22-25-27-28-29-30-31-32-34-36-39-42-45-48-51-54-60(63)66-57-58(56-65-59(62)53-50-47-44-41-38-35-24-21-18-15-12-9-6-3)67-61(64)55-52-49-46-43-40-37-33-26-23-20-17-14-11-8-5-2/h7,10,16,19,25,27,29-30,32,34,39,42,58H,4-6,8-9,11-15,17-18,20-24,26,28,31,33,35-38,40-41,43-57H2,1-3H3/b10-7-,19-16-,27-25-,30-29-,34-32-,42-39-. The molecule has 67 heavy (non-hydrogen) atoms. The van der Waals surface area contributed by atoms with E-state index in [-0.39, 0.29) is 31.1 Å². The van der Waals surface area contributed by atoms with Gasteiger partial charge in [0.05, 0.1) is 0 Å². The van der Waals surface area contributed by atoms with Crippen molar-refractivity contribution in [2.45, 2.75) is 284 Å². The lowest BCUT2D eigenvalue weighted by molar-refractivity contribution is -0.167. The van der Waals surface area contributed by atoms with Crippen molar-refractivity contribution in [2.75, 3.05) is 13.2 Å². The molecule has 0 heterocycles.